The van der Waals surface area contributed by atoms with Gasteiger partial charge in [-0.15, -0.1) is 5.11 Å². The van der Waals surface area contributed by atoms with Gasteiger partial charge in [0.1, 0.15) is 5.84 Å². The molecule has 35 heavy (non-hydrogen) atoms. The minimum Gasteiger partial charge on any atom is -0.393 e. The highest BCUT2D eigenvalue weighted by molar-refractivity contribution is 5.82. The number of azo groups is 1. The van der Waals surface area contributed by atoms with Gasteiger partial charge in [-0.25, -0.2) is 0 Å². The van der Waals surface area contributed by atoms with Crippen molar-refractivity contribution in [3.63, 3.8) is 0 Å². The highest BCUT2D eigenvalue weighted by Crippen LogP contribution is 2.69. The standard InChI is InChI=1S/C30H53N3O2/c1-7-21-25-18-20(34)14-16-30(25,4)24-15-17-29(3)22(12-13-23(29)27(24)28(21)35)19(2)10-8-9-11-26(31-5)33-32-6/h19-25,27-28,34-35H,7-18H2,1-6H3/b31-26-,33-32-/t19-,20-,21-,22-,23+,24+,25?,27+,28-,29-,30-/m1/s1. The highest BCUT2D eigenvalue weighted by Gasteiger charge is 2.64. The minimum atomic E-state index is -0.188. The van der Waals surface area contributed by atoms with Crippen LogP contribution >= 0.6 is 0 Å². The Hall–Kier alpha value is -0.810. The average molecular weight is 488 g/mol. The Morgan fingerprint density at radius 2 is 1.66 bits per heavy atom. The van der Waals surface area contributed by atoms with E-state index in [0.29, 0.717) is 40.4 Å². The molecule has 0 aromatic carbocycles. The summed E-state index contributed by atoms with van der Waals surface area (Å²) in [6.45, 7) is 9.91. The molecule has 5 heteroatoms. The van der Waals surface area contributed by atoms with E-state index in [9.17, 15) is 10.2 Å². The zero-order valence-corrected chi connectivity index (χ0v) is 23.4. The quantitative estimate of drug-likeness (QED) is 0.177. The van der Waals surface area contributed by atoms with Crippen molar-refractivity contribution < 1.29 is 10.2 Å². The first-order chi connectivity index (χ1) is 16.7. The maximum atomic E-state index is 11.9. The van der Waals surface area contributed by atoms with E-state index in [-0.39, 0.29) is 12.2 Å². The lowest BCUT2D eigenvalue weighted by molar-refractivity contribution is -0.203. The van der Waals surface area contributed by atoms with Crippen LogP contribution in [0.25, 0.3) is 0 Å². The number of unbranched alkanes of at least 4 members (excludes halogenated alkanes) is 1. The van der Waals surface area contributed by atoms with Gasteiger partial charge in [0.05, 0.1) is 12.2 Å². The van der Waals surface area contributed by atoms with Crippen molar-refractivity contribution in [2.45, 2.75) is 117 Å². The number of fused-ring (bicyclic) bond motifs is 5. The van der Waals surface area contributed by atoms with Crippen LogP contribution < -0.4 is 0 Å². The van der Waals surface area contributed by atoms with E-state index < -0.39 is 0 Å². The molecule has 4 saturated carbocycles. The topological polar surface area (TPSA) is 77.5 Å². The molecule has 0 aromatic rings. The molecule has 0 radical (unpaired) electrons. The molecule has 2 N–H and O–H groups in total. The van der Waals surface area contributed by atoms with Crippen molar-refractivity contribution in [3.8, 4) is 0 Å². The Bertz CT molecular complexity index is 784. The van der Waals surface area contributed by atoms with E-state index >= 15 is 0 Å². The number of hydrogen-bond donors (Lipinski definition) is 2. The summed E-state index contributed by atoms with van der Waals surface area (Å²) in [4.78, 5) is 4.25. The van der Waals surface area contributed by atoms with E-state index in [0.717, 1.165) is 56.2 Å². The first kappa shape index (κ1) is 27.2. The van der Waals surface area contributed by atoms with Crippen molar-refractivity contribution in [2.75, 3.05) is 14.1 Å². The molecule has 0 bridgehead atoms. The number of rotatable bonds is 7. The third kappa shape index (κ3) is 4.78. The summed E-state index contributed by atoms with van der Waals surface area (Å²) in [5, 5.41) is 30.4. The lowest BCUT2D eigenvalue weighted by Gasteiger charge is -2.64. The zero-order chi connectivity index (χ0) is 25.4. The molecule has 4 aliphatic rings. The van der Waals surface area contributed by atoms with Gasteiger partial charge in [0.2, 0.25) is 0 Å². The van der Waals surface area contributed by atoms with Gasteiger partial charge in [0.15, 0.2) is 0 Å². The summed E-state index contributed by atoms with van der Waals surface area (Å²) in [6.07, 6.45) is 13.5. The molecule has 5 nitrogen and oxygen atoms in total. The number of nitrogens with zero attached hydrogens (tertiary/aromatic N) is 3. The van der Waals surface area contributed by atoms with Crippen LogP contribution in [0.5, 0.6) is 0 Å². The fourth-order valence-corrected chi connectivity index (χ4v) is 10.2. The van der Waals surface area contributed by atoms with Gasteiger partial charge in [0, 0.05) is 20.5 Å². The summed E-state index contributed by atoms with van der Waals surface area (Å²) < 4.78 is 0. The molecule has 1 unspecified atom stereocenters. The summed E-state index contributed by atoms with van der Waals surface area (Å²) in [7, 11) is 3.52. The van der Waals surface area contributed by atoms with Crippen LogP contribution in [0.3, 0.4) is 0 Å². The van der Waals surface area contributed by atoms with Crippen LogP contribution in [-0.4, -0.2) is 42.4 Å². The lowest BCUT2D eigenvalue weighted by atomic mass is 9.41. The van der Waals surface area contributed by atoms with E-state index in [2.05, 4.69) is 42.9 Å². The third-order valence-corrected chi connectivity index (χ3v) is 11.9. The Balaban J connectivity index is 1.46. The maximum Gasteiger partial charge on any atom is 0.145 e. The van der Waals surface area contributed by atoms with Crippen LogP contribution in [0.1, 0.15) is 105 Å². The van der Waals surface area contributed by atoms with Gasteiger partial charge < -0.3 is 10.2 Å². The predicted molar refractivity (Wildman–Crippen MR) is 144 cm³/mol. The lowest BCUT2D eigenvalue weighted by Crippen LogP contribution is -2.62. The molecule has 0 aliphatic heterocycles. The number of aliphatic imine (C=N–C) groups is 1. The van der Waals surface area contributed by atoms with Crippen molar-refractivity contribution >= 4 is 5.84 Å². The van der Waals surface area contributed by atoms with E-state index in [1.54, 1.807) is 7.05 Å². The predicted octanol–water partition coefficient (Wildman–Crippen LogP) is 6.92. The van der Waals surface area contributed by atoms with Crippen LogP contribution in [-0.2, 0) is 0 Å². The molecule has 4 fully saturated rings. The van der Waals surface area contributed by atoms with Gasteiger partial charge in [0.25, 0.3) is 0 Å². The molecular formula is C30H53N3O2. The summed E-state index contributed by atoms with van der Waals surface area (Å²) in [5.74, 6) is 4.94. The summed E-state index contributed by atoms with van der Waals surface area (Å²) >= 11 is 0. The highest BCUT2D eigenvalue weighted by atomic mass is 16.3. The van der Waals surface area contributed by atoms with Gasteiger partial charge >= 0.3 is 0 Å². The van der Waals surface area contributed by atoms with Gasteiger partial charge in [-0.1, -0.05) is 47.0 Å². The maximum absolute atomic E-state index is 11.9. The molecule has 4 rings (SSSR count). The molecular weight excluding hydrogens is 434 g/mol. The van der Waals surface area contributed by atoms with Crippen molar-refractivity contribution in [1.29, 1.82) is 0 Å². The van der Waals surface area contributed by atoms with E-state index in [1.807, 2.05) is 7.05 Å². The molecule has 0 saturated heterocycles. The van der Waals surface area contributed by atoms with Gasteiger partial charge in [-0.2, -0.15) is 5.11 Å². The third-order valence-electron chi connectivity index (χ3n) is 11.9. The van der Waals surface area contributed by atoms with Crippen LogP contribution in [0.2, 0.25) is 0 Å². The van der Waals surface area contributed by atoms with Crippen LogP contribution in [0.15, 0.2) is 15.2 Å². The summed E-state index contributed by atoms with van der Waals surface area (Å²) in [6, 6.07) is 0. The number of aliphatic hydroxyl groups excluding tert-OH is 2. The van der Waals surface area contributed by atoms with Crippen molar-refractivity contribution in [1.82, 2.24) is 0 Å². The Morgan fingerprint density at radius 3 is 2.34 bits per heavy atom. The molecule has 0 amide bonds. The first-order valence-electron chi connectivity index (χ1n) is 14.8. The zero-order valence-electron chi connectivity index (χ0n) is 23.4. The molecule has 0 heterocycles. The SMILES string of the molecule is CC[C@@H]1C2C[C@H](O)CC[C@]2(C)[C@H]2CC[C@]3(C)[C@@H]([C@H](C)CCCCC(/N=N\C)=N/C)CC[C@H]3[C@@H]2[C@@H]1O. The Labute approximate surface area is 214 Å². The van der Waals surface area contributed by atoms with Gasteiger partial charge in [-0.05, 0) is 104 Å². The monoisotopic (exact) mass is 487 g/mol. The second kappa shape index (κ2) is 10.9. The molecule has 11 atom stereocenters. The Morgan fingerprint density at radius 1 is 0.943 bits per heavy atom. The van der Waals surface area contributed by atoms with E-state index in [4.69, 9.17) is 0 Å². The minimum absolute atomic E-state index is 0.166. The fraction of sp³-hybridized carbons (Fsp3) is 0.967. The number of aliphatic hydroxyl groups is 2. The summed E-state index contributed by atoms with van der Waals surface area (Å²) in [5.41, 5.74) is 0.660. The van der Waals surface area contributed by atoms with E-state index in [1.165, 1.54) is 38.5 Å². The second-order valence-corrected chi connectivity index (χ2v) is 13.3. The molecule has 4 aliphatic carbocycles. The molecule has 0 spiro atoms. The number of hydrogen-bond acceptors (Lipinski definition) is 4. The fourth-order valence-electron chi connectivity index (χ4n) is 10.2. The molecule has 200 valence electrons. The second-order valence-electron chi connectivity index (χ2n) is 13.3. The van der Waals surface area contributed by atoms with Crippen LogP contribution in [0.4, 0.5) is 0 Å². The number of amidine groups is 1. The smallest absolute Gasteiger partial charge is 0.145 e. The average Bonchev–Trinajstić information content (AvgIpc) is 3.19. The van der Waals surface area contributed by atoms with Crippen molar-refractivity contribution in [2.24, 2.45) is 67.5 Å². The Kier molecular flexibility index (Phi) is 8.47. The van der Waals surface area contributed by atoms with Crippen molar-refractivity contribution in [3.05, 3.63) is 0 Å². The largest absolute Gasteiger partial charge is 0.393 e. The normalized spacial score (nSPS) is 46.8. The first-order valence-corrected chi connectivity index (χ1v) is 14.8. The van der Waals surface area contributed by atoms with Gasteiger partial charge in [-0.3, -0.25) is 4.99 Å². The molecule has 0 aromatic heterocycles. The van der Waals surface area contributed by atoms with Crippen LogP contribution in [0, 0.1) is 52.3 Å².